The van der Waals surface area contributed by atoms with Gasteiger partial charge in [-0.2, -0.15) is 15.2 Å². The second-order valence-electron chi connectivity index (χ2n) is 13.9. The minimum absolute atomic E-state index is 0.0391. The number of anilines is 2. The van der Waals surface area contributed by atoms with Crippen molar-refractivity contribution in [1.29, 1.82) is 5.26 Å². The normalized spacial score (nSPS) is 20.4. The highest BCUT2D eigenvalue weighted by atomic mass is 35.5. The third-order valence-corrected chi connectivity index (χ3v) is 13.2. The van der Waals surface area contributed by atoms with E-state index in [1.807, 2.05) is 12.1 Å². The van der Waals surface area contributed by atoms with Crippen molar-refractivity contribution in [3.8, 4) is 12.1 Å². The first-order chi connectivity index (χ1) is 24.8. The molecule has 0 N–H and O–H groups in total. The molecular weight excluding hydrogens is 689 g/mol. The molecular formula is C37H47ClN7O5P. The number of hydrogen-bond donors (Lipinski definition) is 0. The first-order valence-electron chi connectivity index (χ1n) is 18.3. The second kappa shape index (κ2) is 15.3. The molecule has 4 aliphatic heterocycles. The Morgan fingerprint density at radius 1 is 1.02 bits per heavy atom. The van der Waals surface area contributed by atoms with Gasteiger partial charge in [0.25, 0.3) is 0 Å². The maximum absolute atomic E-state index is 13.6. The largest absolute Gasteiger partial charge is 0.461 e. The van der Waals surface area contributed by atoms with Gasteiger partial charge in [-0.25, -0.2) is 0 Å². The summed E-state index contributed by atoms with van der Waals surface area (Å²) in [5.41, 5.74) is 3.06. The van der Waals surface area contributed by atoms with Crippen LogP contribution in [-0.4, -0.2) is 103 Å². The van der Waals surface area contributed by atoms with E-state index < -0.39 is 13.6 Å². The minimum atomic E-state index is -3.60. The number of carbonyl (C=O) groups is 1. The predicted octanol–water partition coefficient (Wildman–Crippen LogP) is 6.05. The van der Waals surface area contributed by atoms with Gasteiger partial charge in [-0.3, -0.25) is 14.3 Å². The number of piperazine rings is 1. The molecule has 0 spiro atoms. The average Bonchev–Trinajstić information content (AvgIpc) is 3.71. The fourth-order valence-electron chi connectivity index (χ4n) is 8.55. The van der Waals surface area contributed by atoms with Crippen molar-refractivity contribution >= 4 is 47.4 Å². The molecule has 0 unspecified atom stereocenters. The number of ether oxygens (including phenoxy) is 1. The van der Waals surface area contributed by atoms with Gasteiger partial charge in [-0.1, -0.05) is 35.9 Å². The van der Waals surface area contributed by atoms with Gasteiger partial charge in [0.1, 0.15) is 18.6 Å². The number of fused-ring (bicyclic) bond motifs is 3. The standard InChI is InChI=1S/C37H47ClN7O5P/c1-3-49-51(47,50-4-2)25-33(46)45-22-21-43(23-28(45)13-17-39)35-29-14-20-42(32-12-6-10-27-9-5-11-30(38)34(27)32)24-31(29)40-36(41-35)48-26-37-15-7-18-44(37)19-8-16-37/h5-6,9-12,28H,3-4,7-8,13-16,18-26H2,1-2H3/t28-/m0/s1. The topological polar surface area (TPSA) is 124 Å². The Labute approximate surface area is 305 Å². The lowest BCUT2D eigenvalue weighted by molar-refractivity contribution is -0.131. The summed E-state index contributed by atoms with van der Waals surface area (Å²) >= 11 is 6.76. The van der Waals surface area contributed by atoms with Crippen LogP contribution in [0.1, 0.15) is 57.2 Å². The SMILES string of the molecule is CCOP(=O)(CC(=O)N1CCN(c2nc(OCC34CCCN3CCC4)nc3c2CCN(c2cccc4cccc(Cl)c24)C3)C[C@@H]1CC#N)OCC. The van der Waals surface area contributed by atoms with E-state index in [1.165, 1.54) is 12.8 Å². The van der Waals surface area contributed by atoms with E-state index in [4.69, 9.17) is 35.4 Å². The third-order valence-electron chi connectivity index (χ3n) is 10.9. The number of aromatic nitrogens is 2. The first kappa shape index (κ1) is 35.9. The number of nitriles is 1. The van der Waals surface area contributed by atoms with Gasteiger partial charge in [-0.05, 0) is 76.6 Å². The van der Waals surface area contributed by atoms with Gasteiger partial charge in [0.15, 0.2) is 0 Å². The van der Waals surface area contributed by atoms with E-state index in [1.54, 1.807) is 18.7 Å². The summed E-state index contributed by atoms with van der Waals surface area (Å²) in [5, 5.41) is 12.6. The van der Waals surface area contributed by atoms with Crippen LogP contribution in [0, 0.1) is 11.3 Å². The molecule has 3 aromatic rings. The van der Waals surface area contributed by atoms with E-state index >= 15 is 0 Å². The Kier molecular flexibility index (Phi) is 10.7. The molecule has 1 aromatic heterocycles. The fourth-order valence-corrected chi connectivity index (χ4v) is 10.4. The van der Waals surface area contributed by atoms with Gasteiger partial charge in [-0.15, -0.1) is 0 Å². The van der Waals surface area contributed by atoms with Crippen molar-refractivity contribution in [2.75, 3.05) is 75.1 Å². The van der Waals surface area contributed by atoms with Crippen molar-refractivity contribution in [3.05, 3.63) is 52.7 Å². The van der Waals surface area contributed by atoms with Crippen LogP contribution in [0.5, 0.6) is 6.01 Å². The molecule has 12 nitrogen and oxygen atoms in total. The van der Waals surface area contributed by atoms with E-state index in [9.17, 15) is 14.6 Å². The van der Waals surface area contributed by atoms with Crippen LogP contribution in [0.2, 0.25) is 5.02 Å². The highest BCUT2D eigenvalue weighted by Gasteiger charge is 2.45. The van der Waals surface area contributed by atoms with Gasteiger partial charge >= 0.3 is 13.6 Å². The minimum Gasteiger partial charge on any atom is -0.461 e. The van der Waals surface area contributed by atoms with E-state index in [2.05, 4.69) is 45.0 Å². The van der Waals surface area contributed by atoms with E-state index in [0.717, 1.165) is 66.0 Å². The van der Waals surface area contributed by atoms with Crippen molar-refractivity contribution in [1.82, 2.24) is 19.8 Å². The lowest BCUT2D eigenvalue weighted by Crippen LogP contribution is -2.56. The molecule has 3 fully saturated rings. The quantitative estimate of drug-likeness (QED) is 0.202. The number of amides is 1. The molecule has 7 rings (SSSR count). The lowest BCUT2D eigenvalue weighted by atomic mass is 9.95. The van der Waals surface area contributed by atoms with Crippen LogP contribution in [0.15, 0.2) is 36.4 Å². The monoisotopic (exact) mass is 735 g/mol. The molecule has 4 aliphatic rings. The van der Waals surface area contributed by atoms with Crippen LogP contribution in [0.25, 0.3) is 10.8 Å². The molecule has 1 amide bonds. The van der Waals surface area contributed by atoms with E-state index in [0.29, 0.717) is 50.2 Å². The molecule has 0 bridgehead atoms. The molecule has 0 aliphatic carbocycles. The fraction of sp³-hybridized carbons (Fsp3) is 0.568. The van der Waals surface area contributed by atoms with Crippen molar-refractivity contribution < 1.29 is 23.1 Å². The summed E-state index contributed by atoms with van der Waals surface area (Å²) in [6.45, 7) is 9.10. The molecule has 0 radical (unpaired) electrons. The summed E-state index contributed by atoms with van der Waals surface area (Å²) in [6, 6.07) is 14.4. The van der Waals surface area contributed by atoms with Crippen LogP contribution in [-0.2, 0) is 31.4 Å². The Hall–Kier alpha value is -3.46. The maximum Gasteiger partial charge on any atom is 0.340 e. The van der Waals surface area contributed by atoms with Gasteiger partial charge < -0.3 is 28.5 Å². The van der Waals surface area contributed by atoms with Crippen LogP contribution < -0.4 is 14.5 Å². The van der Waals surface area contributed by atoms with Crippen molar-refractivity contribution in [3.63, 3.8) is 0 Å². The van der Waals surface area contributed by atoms with E-state index in [-0.39, 0.29) is 37.2 Å². The Morgan fingerprint density at radius 3 is 2.49 bits per heavy atom. The number of nitrogens with zero attached hydrogens (tertiary/aromatic N) is 7. The van der Waals surface area contributed by atoms with Gasteiger partial charge in [0.2, 0.25) is 5.91 Å². The Morgan fingerprint density at radius 2 is 1.76 bits per heavy atom. The molecule has 5 heterocycles. The summed E-state index contributed by atoms with van der Waals surface area (Å²) in [6.07, 6.45) is 5.06. The zero-order valence-electron chi connectivity index (χ0n) is 29.6. The summed E-state index contributed by atoms with van der Waals surface area (Å²) in [4.78, 5) is 32.4. The average molecular weight is 736 g/mol. The first-order valence-corrected chi connectivity index (χ1v) is 20.4. The molecule has 51 heavy (non-hydrogen) atoms. The molecule has 14 heteroatoms. The zero-order valence-corrected chi connectivity index (χ0v) is 31.2. The van der Waals surface area contributed by atoms with Crippen LogP contribution in [0.3, 0.4) is 0 Å². The van der Waals surface area contributed by atoms with Gasteiger partial charge in [0.05, 0.1) is 54.5 Å². The number of carbonyl (C=O) groups excluding carboxylic acids is 1. The maximum atomic E-state index is 13.6. The Bertz CT molecular complexity index is 1830. The number of halogens is 1. The molecule has 272 valence electrons. The smallest absolute Gasteiger partial charge is 0.340 e. The Balaban J connectivity index is 1.19. The predicted molar refractivity (Wildman–Crippen MR) is 198 cm³/mol. The van der Waals surface area contributed by atoms with Gasteiger partial charge in [0, 0.05) is 42.8 Å². The molecule has 2 aromatic carbocycles. The number of hydrogen-bond acceptors (Lipinski definition) is 11. The van der Waals surface area contributed by atoms with Crippen LogP contribution in [0.4, 0.5) is 11.5 Å². The number of benzene rings is 2. The van der Waals surface area contributed by atoms with Crippen molar-refractivity contribution in [2.24, 2.45) is 0 Å². The molecule has 0 saturated carbocycles. The third kappa shape index (κ3) is 7.29. The number of rotatable bonds is 12. The lowest BCUT2D eigenvalue weighted by Gasteiger charge is -2.42. The molecule has 1 atom stereocenters. The highest BCUT2D eigenvalue weighted by molar-refractivity contribution is 7.54. The van der Waals surface area contributed by atoms with Crippen LogP contribution >= 0.6 is 19.2 Å². The van der Waals surface area contributed by atoms with Crippen molar-refractivity contribution in [2.45, 2.75) is 70.5 Å². The molecule has 3 saturated heterocycles. The summed E-state index contributed by atoms with van der Waals surface area (Å²) in [7, 11) is -3.60. The zero-order chi connectivity index (χ0) is 35.6. The summed E-state index contributed by atoms with van der Waals surface area (Å²) < 4.78 is 30.6. The highest BCUT2D eigenvalue weighted by Crippen LogP contribution is 2.48. The summed E-state index contributed by atoms with van der Waals surface area (Å²) in [5.74, 6) is 0.456. The second-order valence-corrected chi connectivity index (χ2v) is 16.4.